The molecule has 1 N–H and O–H groups in total. The van der Waals surface area contributed by atoms with Gasteiger partial charge in [0.25, 0.3) is 0 Å². The van der Waals surface area contributed by atoms with Crippen molar-refractivity contribution in [2.24, 2.45) is 0 Å². The fourth-order valence-electron chi connectivity index (χ4n) is 3.80. The SMILES string of the molecule is CCOC(Cc1ccc(OCCN(CCOCCCC(F)(F)F)C(=O)OC2CCCC2)cc1)C(=O)O. The molecule has 1 unspecified atom stereocenters. The van der Waals surface area contributed by atoms with E-state index in [9.17, 15) is 27.9 Å². The summed E-state index contributed by atoms with van der Waals surface area (Å²) in [5.74, 6) is -0.472. The molecule has 11 heteroatoms. The van der Waals surface area contributed by atoms with Gasteiger partial charge in [-0.25, -0.2) is 9.59 Å². The van der Waals surface area contributed by atoms with E-state index in [0.717, 1.165) is 31.2 Å². The van der Waals surface area contributed by atoms with Crippen molar-refractivity contribution in [1.29, 1.82) is 0 Å². The lowest BCUT2D eigenvalue weighted by Gasteiger charge is -2.24. The van der Waals surface area contributed by atoms with Gasteiger partial charge in [-0.3, -0.25) is 0 Å². The third-order valence-electron chi connectivity index (χ3n) is 5.70. The van der Waals surface area contributed by atoms with Crippen LogP contribution in [0.2, 0.25) is 0 Å². The zero-order chi connectivity index (χ0) is 26.4. The second-order valence-electron chi connectivity index (χ2n) is 8.59. The van der Waals surface area contributed by atoms with E-state index in [-0.39, 0.29) is 51.9 Å². The van der Waals surface area contributed by atoms with Gasteiger partial charge in [0.05, 0.1) is 13.2 Å². The quantitative estimate of drug-likeness (QED) is 0.313. The molecular weight excluding hydrogens is 483 g/mol. The van der Waals surface area contributed by atoms with Crippen molar-refractivity contribution in [2.45, 2.75) is 70.3 Å². The van der Waals surface area contributed by atoms with Crippen LogP contribution in [-0.2, 0) is 25.4 Å². The molecule has 1 aliphatic carbocycles. The molecule has 1 saturated carbocycles. The Morgan fingerprint density at radius 1 is 1.08 bits per heavy atom. The Hall–Kier alpha value is -2.53. The van der Waals surface area contributed by atoms with E-state index < -0.39 is 30.8 Å². The van der Waals surface area contributed by atoms with Crippen LogP contribution in [0.4, 0.5) is 18.0 Å². The van der Waals surface area contributed by atoms with Crippen molar-refractivity contribution in [3.63, 3.8) is 0 Å². The van der Waals surface area contributed by atoms with Gasteiger partial charge in [-0.15, -0.1) is 0 Å². The molecule has 1 atom stereocenters. The number of carboxylic acids is 1. The fourth-order valence-corrected chi connectivity index (χ4v) is 3.80. The summed E-state index contributed by atoms with van der Waals surface area (Å²) in [6.07, 6.45) is -2.88. The number of rotatable bonds is 16. The Morgan fingerprint density at radius 2 is 1.75 bits per heavy atom. The molecule has 0 aromatic heterocycles. The lowest BCUT2D eigenvalue weighted by Crippen LogP contribution is -2.39. The Kier molecular flexibility index (Phi) is 12.8. The minimum Gasteiger partial charge on any atom is -0.492 e. The predicted octanol–water partition coefficient (Wildman–Crippen LogP) is 4.84. The monoisotopic (exact) mass is 519 g/mol. The van der Waals surface area contributed by atoms with Crippen LogP contribution in [-0.4, -0.2) is 80.0 Å². The maximum absolute atomic E-state index is 12.6. The molecule has 1 amide bonds. The van der Waals surface area contributed by atoms with E-state index in [1.165, 1.54) is 4.90 Å². The number of hydrogen-bond acceptors (Lipinski definition) is 6. The first-order valence-corrected chi connectivity index (χ1v) is 12.3. The first-order chi connectivity index (χ1) is 17.2. The summed E-state index contributed by atoms with van der Waals surface area (Å²) in [7, 11) is 0. The maximum atomic E-state index is 12.6. The average molecular weight is 520 g/mol. The topological polar surface area (TPSA) is 94.5 Å². The van der Waals surface area contributed by atoms with Gasteiger partial charge in [-0.2, -0.15) is 13.2 Å². The first kappa shape index (κ1) is 29.7. The summed E-state index contributed by atoms with van der Waals surface area (Å²) >= 11 is 0. The molecule has 0 heterocycles. The second-order valence-corrected chi connectivity index (χ2v) is 8.59. The lowest BCUT2D eigenvalue weighted by molar-refractivity contribution is -0.150. The van der Waals surface area contributed by atoms with Gasteiger partial charge in [-0.05, 0) is 56.7 Å². The highest BCUT2D eigenvalue weighted by Gasteiger charge is 2.26. The summed E-state index contributed by atoms with van der Waals surface area (Å²) in [6.45, 7) is 2.65. The molecule has 1 aromatic carbocycles. The molecule has 0 bridgehead atoms. The number of carbonyl (C=O) groups excluding carboxylic acids is 1. The molecule has 36 heavy (non-hydrogen) atoms. The number of benzene rings is 1. The van der Waals surface area contributed by atoms with E-state index in [1.807, 2.05) is 0 Å². The predicted molar refractivity (Wildman–Crippen MR) is 125 cm³/mol. The summed E-state index contributed by atoms with van der Waals surface area (Å²) in [5.41, 5.74) is 0.785. The number of halogens is 3. The summed E-state index contributed by atoms with van der Waals surface area (Å²) in [4.78, 5) is 25.3. The standard InChI is InChI=1S/C25H36F3NO7/c1-2-34-22(23(30)31)18-19-8-10-20(11-9-19)35-17-14-29(24(32)36-21-6-3-4-7-21)13-16-33-15-5-12-25(26,27)28/h8-11,21-22H,2-7,12-18H2,1H3,(H,30,31). The van der Waals surface area contributed by atoms with Crippen LogP contribution in [0.3, 0.4) is 0 Å². The van der Waals surface area contributed by atoms with Crippen molar-refractivity contribution in [3.8, 4) is 5.75 Å². The molecule has 1 aliphatic rings. The van der Waals surface area contributed by atoms with Crippen LogP contribution < -0.4 is 4.74 Å². The lowest BCUT2D eigenvalue weighted by atomic mass is 10.1. The molecule has 1 fully saturated rings. The zero-order valence-electron chi connectivity index (χ0n) is 20.6. The Labute approximate surface area is 209 Å². The van der Waals surface area contributed by atoms with Crippen molar-refractivity contribution < 1.29 is 46.8 Å². The second kappa shape index (κ2) is 15.6. The van der Waals surface area contributed by atoms with E-state index >= 15 is 0 Å². The van der Waals surface area contributed by atoms with Crippen LogP contribution in [0.5, 0.6) is 5.75 Å². The highest BCUT2D eigenvalue weighted by molar-refractivity contribution is 5.72. The van der Waals surface area contributed by atoms with Gasteiger partial charge < -0.3 is 29.0 Å². The maximum Gasteiger partial charge on any atom is 0.410 e. The molecule has 0 radical (unpaired) electrons. The number of amides is 1. The van der Waals surface area contributed by atoms with Crippen molar-refractivity contribution in [3.05, 3.63) is 29.8 Å². The molecule has 8 nitrogen and oxygen atoms in total. The van der Waals surface area contributed by atoms with Gasteiger partial charge >= 0.3 is 18.2 Å². The number of hydrogen-bond donors (Lipinski definition) is 1. The van der Waals surface area contributed by atoms with Crippen LogP contribution in [0.25, 0.3) is 0 Å². The van der Waals surface area contributed by atoms with E-state index in [2.05, 4.69) is 0 Å². The Bertz CT molecular complexity index is 783. The zero-order valence-corrected chi connectivity index (χ0v) is 20.6. The van der Waals surface area contributed by atoms with E-state index in [1.54, 1.807) is 31.2 Å². The van der Waals surface area contributed by atoms with Gasteiger partial charge in [0.1, 0.15) is 18.5 Å². The molecular formula is C25H36F3NO7. The number of nitrogens with zero attached hydrogens (tertiary/aromatic N) is 1. The molecule has 2 rings (SSSR count). The van der Waals surface area contributed by atoms with Crippen molar-refractivity contribution in [1.82, 2.24) is 4.90 Å². The van der Waals surface area contributed by atoms with Crippen LogP contribution in [0, 0.1) is 0 Å². The van der Waals surface area contributed by atoms with Crippen LogP contribution in [0.1, 0.15) is 51.0 Å². The average Bonchev–Trinajstić information content (AvgIpc) is 3.33. The number of alkyl halides is 3. The normalized spacial score (nSPS) is 15.0. The highest BCUT2D eigenvalue weighted by Crippen LogP contribution is 2.22. The summed E-state index contributed by atoms with van der Waals surface area (Å²) in [5, 5.41) is 9.21. The number of carboxylic acid groups (broad SMARTS) is 1. The van der Waals surface area contributed by atoms with Crippen LogP contribution >= 0.6 is 0 Å². The highest BCUT2D eigenvalue weighted by atomic mass is 19.4. The van der Waals surface area contributed by atoms with Crippen molar-refractivity contribution >= 4 is 12.1 Å². The fraction of sp³-hybridized carbons (Fsp3) is 0.680. The molecule has 0 aliphatic heterocycles. The smallest absolute Gasteiger partial charge is 0.410 e. The molecule has 204 valence electrons. The molecule has 0 saturated heterocycles. The third kappa shape index (κ3) is 11.9. The van der Waals surface area contributed by atoms with E-state index in [0.29, 0.717) is 12.4 Å². The number of carbonyl (C=O) groups is 2. The largest absolute Gasteiger partial charge is 0.492 e. The van der Waals surface area contributed by atoms with E-state index in [4.69, 9.17) is 18.9 Å². The van der Waals surface area contributed by atoms with Gasteiger partial charge in [-0.1, -0.05) is 12.1 Å². The van der Waals surface area contributed by atoms with Gasteiger partial charge in [0.2, 0.25) is 0 Å². The van der Waals surface area contributed by atoms with Crippen molar-refractivity contribution in [2.75, 3.05) is 39.5 Å². The summed E-state index contributed by atoms with van der Waals surface area (Å²) < 4.78 is 58.5. The van der Waals surface area contributed by atoms with Crippen LogP contribution in [0.15, 0.2) is 24.3 Å². The third-order valence-corrected chi connectivity index (χ3v) is 5.70. The summed E-state index contributed by atoms with van der Waals surface area (Å²) in [6, 6.07) is 6.94. The molecule has 0 spiro atoms. The van der Waals surface area contributed by atoms with Gasteiger partial charge in [0.15, 0.2) is 6.10 Å². The molecule has 1 aromatic rings. The number of aliphatic carboxylic acids is 1. The Balaban J connectivity index is 1.81. The Morgan fingerprint density at radius 3 is 2.36 bits per heavy atom. The van der Waals surface area contributed by atoms with Gasteiger partial charge in [0, 0.05) is 32.6 Å². The first-order valence-electron chi connectivity index (χ1n) is 12.3. The minimum absolute atomic E-state index is 0.0418. The minimum atomic E-state index is -4.21. The number of ether oxygens (including phenoxy) is 4.